The summed E-state index contributed by atoms with van der Waals surface area (Å²) in [6.45, 7) is 8.64. The largest absolute Gasteiger partial charge is 0.403 e. The number of hydrogen-bond acceptors (Lipinski definition) is 7. The van der Waals surface area contributed by atoms with Crippen LogP contribution >= 0.6 is 11.6 Å². The Morgan fingerprint density at radius 2 is 1.82 bits per heavy atom. The second-order valence-corrected chi connectivity index (χ2v) is 11.2. The number of imide groups is 1. The highest BCUT2D eigenvalue weighted by molar-refractivity contribution is 6.32. The van der Waals surface area contributed by atoms with Crippen molar-refractivity contribution in [3.05, 3.63) is 63.2 Å². The van der Waals surface area contributed by atoms with Crippen molar-refractivity contribution in [2.24, 2.45) is 0 Å². The van der Waals surface area contributed by atoms with Crippen molar-refractivity contribution >= 4 is 35.3 Å². The van der Waals surface area contributed by atoms with Crippen LogP contribution in [0.25, 0.3) is 11.5 Å². The number of carbonyl (C=O) groups excluding carboxylic acids is 3. The molecular formula is C30H34ClN5O4. The lowest BCUT2D eigenvalue weighted by Gasteiger charge is -2.29. The highest BCUT2D eigenvalue weighted by Crippen LogP contribution is 2.50. The average Bonchev–Trinajstić information content (AvgIpc) is 3.43. The molecule has 3 heterocycles. The average molecular weight is 564 g/mol. The molecule has 0 spiro atoms. The topological polar surface area (TPSA) is 117 Å². The third-order valence-corrected chi connectivity index (χ3v) is 8.12. The summed E-state index contributed by atoms with van der Waals surface area (Å²) < 4.78 is 5.94. The van der Waals surface area contributed by atoms with Gasteiger partial charge >= 0.3 is 6.01 Å². The molecule has 0 bridgehead atoms. The van der Waals surface area contributed by atoms with Crippen LogP contribution < -0.4 is 10.6 Å². The maximum absolute atomic E-state index is 13.3. The van der Waals surface area contributed by atoms with Crippen molar-refractivity contribution in [3.8, 4) is 11.5 Å². The van der Waals surface area contributed by atoms with Crippen LogP contribution in [0.1, 0.15) is 85.0 Å². The van der Waals surface area contributed by atoms with Gasteiger partial charge in [-0.1, -0.05) is 61.1 Å². The van der Waals surface area contributed by atoms with Gasteiger partial charge in [-0.2, -0.15) is 0 Å². The van der Waals surface area contributed by atoms with Gasteiger partial charge in [-0.05, 0) is 62.4 Å². The Hall–Kier alpha value is -3.72. The fraction of sp³-hybridized carbons (Fsp3) is 0.433. The maximum atomic E-state index is 13.3. The molecule has 2 aliphatic heterocycles. The molecule has 6 rings (SSSR count). The summed E-state index contributed by atoms with van der Waals surface area (Å²) in [5.41, 5.74) is 4.66. The summed E-state index contributed by atoms with van der Waals surface area (Å²) >= 11 is 6.64. The number of anilines is 1. The monoisotopic (exact) mass is 563 g/mol. The number of piperidine rings is 1. The standard InChI is InChI=1S/C26H24ClN5O4.C4H10/c1-13-3-4-16(14(2)9-13)23-30-31-25(36-23)29-26(7-8-26)15-10-17-18(19(27)11-15)12-32(24(17)35)20-5-6-21(33)28-22(20)34;1-3-4-2/h3-4,9-11,20H,5-8,12H2,1-2H3,(H,29,31)(H,28,33,34);3-4H2,1-2H3. The first-order valence-corrected chi connectivity index (χ1v) is 14.2. The first-order chi connectivity index (χ1) is 19.2. The number of carbonyl (C=O) groups is 3. The third-order valence-electron chi connectivity index (χ3n) is 7.79. The number of aromatic nitrogens is 2. The zero-order valence-corrected chi connectivity index (χ0v) is 24.0. The van der Waals surface area contributed by atoms with Crippen LogP contribution in [-0.4, -0.2) is 38.9 Å². The Bertz CT molecular complexity index is 1480. The summed E-state index contributed by atoms with van der Waals surface area (Å²) in [5.74, 6) is -0.578. The van der Waals surface area contributed by atoms with Crippen molar-refractivity contribution in [2.45, 2.75) is 84.3 Å². The first kappa shape index (κ1) is 27.8. The Morgan fingerprint density at radius 1 is 1.07 bits per heavy atom. The summed E-state index contributed by atoms with van der Waals surface area (Å²) in [6.07, 6.45) is 4.78. The minimum Gasteiger partial charge on any atom is -0.403 e. The second kappa shape index (κ2) is 11.0. The van der Waals surface area contributed by atoms with Gasteiger partial charge in [0.25, 0.3) is 5.91 Å². The molecule has 2 aromatic carbocycles. The van der Waals surface area contributed by atoms with E-state index in [1.807, 2.05) is 38.1 Å². The van der Waals surface area contributed by atoms with E-state index < -0.39 is 17.5 Å². The van der Waals surface area contributed by atoms with E-state index in [0.29, 0.717) is 34.5 Å². The molecule has 1 saturated carbocycles. The normalized spacial score (nSPS) is 19.1. The highest BCUT2D eigenvalue weighted by Gasteiger charge is 2.48. The zero-order valence-electron chi connectivity index (χ0n) is 23.3. The SMILES string of the molecule is CCCC.Cc1ccc(-c2nnc(NC3(c4cc(Cl)c5c(c4)C(=O)N(C4CCC(=O)NC4=O)C5)CC3)o2)c(C)c1. The lowest BCUT2D eigenvalue weighted by Crippen LogP contribution is -2.52. The van der Waals surface area contributed by atoms with E-state index in [9.17, 15) is 14.4 Å². The van der Waals surface area contributed by atoms with Gasteiger partial charge in [-0.15, -0.1) is 5.10 Å². The molecule has 3 aliphatic rings. The number of nitrogens with zero attached hydrogens (tertiary/aromatic N) is 3. The molecule has 1 aromatic heterocycles. The Kier molecular flexibility index (Phi) is 7.68. The first-order valence-electron chi connectivity index (χ1n) is 13.8. The Labute approximate surface area is 238 Å². The third kappa shape index (κ3) is 5.35. The van der Waals surface area contributed by atoms with Gasteiger partial charge in [-0.3, -0.25) is 19.7 Å². The van der Waals surface area contributed by atoms with E-state index in [0.717, 1.165) is 35.1 Å². The fourth-order valence-electron chi connectivity index (χ4n) is 5.14. The van der Waals surface area contributed by atoms with Crippen LogP contribution in [-0.2, 0) is 21.7 Å². The predicted octanol–water partition coefficient (Wildman–Crippen LogP) is 5.68. The van der Waals surface area contributed by atoms with Crippen LogP contribution in [0.2, 0.25) is 5.02 Å². The van der Waals surface area contributed by atoms with Crippen LogP contribution in [0.15, 0.2) is 34.7 Å². The molecule has 40 heavy (non-hydrogen) atoms. The summed E-state index contributed by atoms with van der Waals surface area (Å²) in [6, 6.07) is 9.36. The number of halogens is 1. The van der Waals surface area contributed by atoms with Crippen molar-refractivity contribution < 1.29 is 18.8 Å². The smallest absolute Gasteiger partial charge is 0.316 e. The maximum Gasteiger partial charge on any atom is 0.316 e. The molecule has 3 aromatic rings. The van der Waals surface area contributed by atoms with E-state index in [1.165, 1.54) is 17.7 Å². The fourth-order valence-corrected chi connectivity index (χ4v) is 5.42. The number of rotatable bonds is 6. The van der Waals surface area contributed by atoms with E-state index in [-0.39, 0.29) is 24.8 Å². The number of amides is 3. The van der Waals surface area contributed by atoms with Crippen molar-refractivity contribution in [2.75, 3.05) is 5.32 Å². The molecule has 10 heteroatoms. The van der Waals surface area contributed by atoms with Crippen molar-refractivity contribution in [1.29, 1.82) is 0 Å². The van der Waals surface area contributed by atoms with Gasteiger partial charge in [0.05, 0.1) is 5.54 Å². The zero-order chi connectivity index (χ0) is 28.6. The lowest BCUT2D eigenvalue weighted by atomic mass is 9.99. The molecule has 3 amide bonds. The number of benzene rings is 2. The van der Waals surface area contributed by atoms with Gasteiger partial charge < -0.3 is 14.6 Å². The molecule has 1 saturated heterocycles. The lowest BCUT2D eigenvalue weighted by molar-refractivity contribution is -0.136. The number of unbranched alkanes of at least 4 members (excludes halogenated alkanes) is 1. The number of fused-ring (bicyclic) bond motifs is 1. The summed E-state index contributed by atoms with van der Waals surface area (Å²) in [5, 5.41) is 14.6. The van der Waals surface area contributed by atoms with E-state index >= 15 is 0 Å². The van der Waals surface area contributed by atoms with Gasteiger partial charge in [0.1, 0.15) is 6.04 Å². The minimum absolute atomic E-state index is 0.205. The summed E-state index contributed by atoms with van der Waals surface area (Å²) in [4.78, 5) is 38.7. The van der Waals surface area contributed by atoms with Crippen molar-refractivity contribution in [3.63, 3.8) is 0 Å². The predicted molar refractivity (Wildman–Crippen MR) is 152 cm³/mol. The van der Waals surface area contributed by atoms with E-state index in [4.69, 9.17) is 16.0 Å². The number of aryl methyl sites for hydroxylation is 2. The number of hydrogen-bond donors (Lipinski definition) is 2. The molecule has 0 radical (unpaired) electrons. The van der Waals surface area contributed by atoms with E-state index in [2.05, 4.69) is 40.7 Å². The van der Waals surface area contributed by atoms with Crippen molar-refractivity contribution in [1.82, 2.24) is 20.4 Å². The molecule has 1 unspecified atom stereocenters. The van der Waals surface area contributed by atoms with Crippen LogP contribution in [0.5, 0.6) is 0 Å². The van der Waals surface area contributed by atoms with Gasteiger partial charge in [0.15, 0.2) is 0 Å². The quantitative estimate of drug-likeness (QED) is 0.371. The van der Waals surface area contributed by atoms with Crippen LogP contribution in [0.4, 0.5) is 6.01 Å². The minimum atomic E-state index is -0.683. The molecule has 1 aliphatic carbocycles. The molecule has 9 nitrogen and oxygen atoms in total. The van der Waals surface area contributed by atoms with Gasteiger partial charge in [0, 0.05) is 34.7 Å². The molecule has 1 atom stereocenters. The summed E-state index contributed by atoms with van der Waals surface area (Å²) in [7, 11) is 0. The van der Waals surface area contributed by atoms with Gasteiger partial charge in [0.2, 0.25) is 17.7 Å². The molecule has 2 fully saturated rings. The Morgan fingerprint density at radius 3 is 2.48 bits per heavy atom. The Balaban J connectivity index is 0.000000758. The number of nitrogens with one attached hydrogen (secondary N) is 2. The molecular weight excluding hydrogens is 530 g/mol. The van der Waals surface area contributed by atoms with Crippen LogP contribution in [0, 0.1) is 13.8 Å². The second-order valence-electron chi connectivity index (χ2n) is 10.8. The molecule has 210 valence electrons. The van der Waals surface area contributed by atoms with Gasteiger partial charge in [-0.25, -0.2) is 0 Å². The highest BCUT2D eigenvalue weighted by atomic mass is 35.5. The van der Waals surface area contributed by atoms with Crippen LogP contribution in [0.3, 0.4) is 0 Å². The van der Waals surface area contributed by atoms with E-state index in [1.54, 1.807) is 0 Å². The molecule has 2 N–H and O–H groups in total.